The molecule has 8 nitrogen and oxygen atoms in total. The van der Waals surface area contributed by atoms with Crippen molar-refractivity contribution in [2.24, 2.45) is 17.3 Å². The molecular formula is C44H64O8. The van der Waals surface area contributed by atoms with Gasteiger partial charge in [-0.3, -0.25) is 4.79 Å². The van der Waals surface area contributed by atoms with Gasteiger partial charge in [-0.25, -0.2) is 0 Å². The number of unbranched alkanes of at least 4 members (excludes halogenated alkanes) is 8. The first-order chi connectivity index (χ1) is 25.5. The van der Waals surface area contributed by atoms with Crippen LogP contribution in [0.4, 0.5) is 0 Å². The fourth-order valence-electron chi connectivity index (χ4n) is 9.91. The molecule has 52 heavy (non-hydrogen) atoms. The molecule has 2 aromatic carbocycles. The Morgan fingerprint density at radius 1 is 0.808 bits per heavy atom. The minimum Gasteiger partial charge on any atom is -0.489 e. The number of hydrogen-bond donors (Lipinski definition) is 1. The Hall–Kier alpha value is -2.49. The molecule has 1 saturated heterocycles. The van der Waals surface area contributed by atoms with Crippen LogP contribution < -0.4 is 4.74 Å². The van der Waals surface area contributed by atoms with E-state index in [4.69, 9.17) is 33.5 Å². The summed E-state index contributed by atoms with van der Waals surface area (Å²) in [5, 5.41) is 8.66. The Bertz CT molecular complexity index is 1360. The monoisotopic (exact) mass is 720 g/mol. The van der Waals surface area contributed by atoms with E-state index >= 15 is 0 Å². The number of ether oxygens (including phenoxy) is 6. The van der Waals surface area contributed by atoms with Gasteiger partial charge in [0.1, 0.15) is 12.4 Å². The summed E-state index contributed by atoms with van der Waals surface area (Å²) in [6.45, 7) is 7.75. The number of aryl methyl sites for hydroxylation is 1. The zero-order valence-corrected chi connectivity index (χ0v) is 31.7. The number of aliphatic carboxylic acids is 1. The number of hydrogen-bond acceptors (Lipinski definition) is 7. The summed E-state index contributed by atoms with van der Waals surface area (Å²) in [6, 6.07) is 17.2. The summed E-state index contributed by atoms with van der Waals surface area (Å²) in [5.74, 6) is 1.22. The zero-order chi connectivity index (χ0) is 36.1. The van der Waals surface area contributed by atoms with Crippen LogP contribution in [-0.4, -0.2) is 69.2 Å². The largest absolute Gasteiger partial charge is 0.489 e. The van der Waals surface area contributed by atoms with Crippen molar-refractivity contribution in [3.63, 3.8) is 0 Å². The van der Waals surface area contributed by atoms with E-state index < -0.39 is 11.8 Å². The van der Waals surface area contributed by atoms with Crippen molar-refractivity contribution in [2.75, 3.05) is 46.2 Å². The van der Waals surface area contributed by atoms with Gasteiger partial charge in [0.25, 0.3) is 0 Å². The lowest BCUT2D eigenvalue weighted by Gasteiger charge is -2.55. The van der Waals surface area contributed by atoms with E-state index in [-0.39, 0.29) is 17.9 Å². The van der Waals surface area contributed by atoms with E-state index in [0.717, 1.165) is 57.5 Å². The molecule has 0 aromatic heterocycles. The Kier molecular flexibility index (Phi) is 14.9. The molecule has 2 aromatic rings. The normalized spacial score (nSPS) is 25.9. The molecule has 1 N–H and O–H groups in total. The third-order valence-electron chi connectivity index (χ3n) is 12.5. The van der Waals surface area contributed by atoms with Gasteiger partial charge < -0.3 is 33.5 Å². The fourth-order valence-corrected chi connectivity index (χ4v) is 9.91. The van der Waals surface area contributed by atoms with Crippen molar-refractivity contribution >= 4 is 5.97 Å². The van der Waals surface area contributed by atoms with Crippen LogP contribution in [0.25, 0.3) is 0 Å². The summed E-state index contributed by atoms with van der Waals surface area (Å²) < 4.78 is 37.6. The van der Waals surface area contributed by atoms with Gasteiger partial charge in [0.05, 0.1) is 32.5 Å². The molecule has 3 aliphatic carbocycles. The van der Waals surface area contributed by atoms with Crippen LogP contribution in [0.1, 0.15) is 126 Å². The molecule has 8 heteroatoms. The van der Waals surface area contributed by atoms with Crippen LogP contribution in [0.3, 0.4) is 0 Å². The number of benzene rings is 2. The molecule has 1 heterocycles. The predicted molar refractivity (Wildman–Crippen MR) is 202 cm³/mol. The highest BCUT2D eigenvalue weighted by Crippen LogP contribution is 2.66. The van der Waals surface area contributed by atoms with E-state index in [2.05, 4.69) is 49.4 Å². The molecule has 1 spiro atoms. The fraction of sp³-hybridized carbons (Fsp3) is 0.705. The second-order valence-corrected chi connectivity index (χ2v) is 15.9. The van der Waals surface area contributed by atoms with Crippen molar-refractivity contribution in [3.8, 4) is 5.75 Å². The highest BCUT2D eigenvalue weighted by molar-refractivity contribution is 5.66. The summed E-state index contributed by atoms with van der Waals surface area (Å²) in [6.07, 6.45) is 17.2. The van der Waals surface area contributed by atoms with Gasteiger partial charge in [0.15, 0.2) is 5.79 Å². The first kappa shape index (κ1) is 39.2. The van der Waals surface area contributed by atoms with Crippen LogP contribution in [0.5, 0.6) is 5.75 Å². The van der Waals surface area contributed by atoms with Crippen LogP contribution in [0, 0.1) is 17.3 Å². The second kappa shape index (κ2) is 19.7. The van der Waals surface area contributed by atoms with Crippen LogP contribution in [0.2, 0.25) is 0 Å². The molecule has 2 saturated carbocycles. The van der Waals surface area contributed by atoms with Crippen LogP contribution in [-0.2, 0) is 41.5 Å². The maximum Gasteiger partial charge on any atom is 0.303 e. The third-order valence-corrected chi connectivity index (χ3v) is 12.5. The number of rotatable bonds is 23. The van der Waals surface area contributed by atoms with E-state index in [9.17, 15) is 4.79 Å². The molecule has 0 bridgehead atoms. The summed E-state index contributed by atoms with van der Waals surface area (Å²) in [7, 11) is 0. The number of fused-ring (bicyclic) bond motifs is 6. The average Bonchev–Trinajstić information content (AvgIpc) is 3.76. The molecule has 3 fully saturated rings. The van der Waals surface area contributed by atoms with E-state index in [0.29, 0.717) is 63.8 Å². The molecule has 6 rings (SSSR count). The quantitative estimate of drug-likeness (QED) is 0.114. The van der Waals surface area contributed by atoms with Crippen LogP contribution >= 0.6 is 0 Å². The van der Waals surface area contributed by atoms with Crippen molar-refractivity contribution in [2.45, 2.75) is 134 Å². The summed E-state index contributed by atoms with van der Waals surface area (Å²) in [4.78, 5) is 10.5. The first-order valence-corrected chi connectivity index (χ1v) is 20.6. The smallest absolute Gasteiger partial charge is 0.303 e. The van der Waals surface area contributed by atoms with Gasteiger partial charge in [0, 0.05) is 44.0 Å². The Morgan fingerprint density at radius 2 is 1.48 bits per heavy atom. The van der Waals surface area contributed by atoms with E-state index in [1.165, 1.54) is 68.1 Å². The average molecular weight is 721 g/mol. The summed E-state index contributed by atoms with van der Waals surface area (Å²) in [5.41, 5.74) is 4.00. The Balaban J connectivity index is 0.916. The first-order valence-electron chi connectivity index (χ1n) is 20.6. The zero-order valence-electron chi connectivity index (χ0n) is 31.7. The van der Waals surface area contributed by atoms with Crippen molar-refractivity contribution in [3.05, 3.63) is 65.2 Å². The maximum absolute atomic E-state index is 10.5. The molecular weight excluding hydrogens is 656 g/mol. The lowest BCUT2D eigenvalue weighted by atomic mass is 9.53. The van der Waals surface area contributed by atoms with Gasteiger partial charge in [-0.2, -0.15) is 0 Å². The highest BCUT2D eigenvalue weighted by Gasteiger charge is 2.67. The maximum atomic E-state index is 10.5. The molecule has 4 aliphatic rings. The molecule has 0 radical (unpaired) electrons. The molecule has 288 valence electrons. The van der Waals surface area contributed by atoms with Gasteiger partial charge >= 0.3 is 5.97 Å². The topological polar surface area (TPSA) is 92.7 Å². The van der Waals surface area contributed by atoms with Gasteiger partial charge in [-0.15, -0.1) is 0 Å². The van der Waals surface area contributed by atoms with Crippen molar-refractivity contribution in [1.29, 1.82) is 0 Å². The number of carboxylic acids is 1. The van der Waals surface area contributed by atoms with Crippen molar-refractivity contribution in [1.82, 2.24) is 0 Å². The molecule has 0 unspecified atom stereocenters. The lowest BCUT2D eigenvalue weighted by Crippen LogP contribution is -2.56. The number of carbonyl (C=O) groups is 1. The molecule has 0 amide bonds. The second-order valence-electron chi connectivity index (χ2n) is 15.9. The Morgan fingerprint density at radius 3 is 2.19 bits per heavy atom. The third kappa shape index (κ3) is 9.97. The minimum atomic E-state index is -0.749. The van der Waals surface area contributed by atoms with Gasteiger partial charge in [0.2, 0.25) is 0 Å². The molecule has 1 aliphatic heterocycles. The molecule has 5 atom stereocenters. The van der Waals surface area contributed by atoms with Crippen LogP contribution in [0.15, 0.2) is 48.5 Å². The predicted octanol–water partition coefficient (Wildman–Crippen LogP) is 9.27. The standard InChI is InChI=1S/C44H64O8/c1-43-32-40(49-28-27-48-25-13-8-6-4-2-3-5-7-12-24-47-26-14-17-41(45)46)42-37-21-19-36(50-33-34-15-10-9-11-16-34)31-35(37)18-20-38(42)39(43)22-23-44(43)51-29-30-52-44/h9-11,15-16,19,21,31,38-40,42H,2-8,12-14,17-18,20,22-30,32-33H2,1H3,(H,45,46)/t38-,39-,40-,42+,43-/m0/s1. The summed E-state index contributed by atoms with van der Waals surface area (Å²) >= 11 is 0. The lowest BCUT2D eigenvalue weighted by molar-refractivity contribution is -0.250. The van der Waals surface area contributed by atoms with Gasteiger partial charge in [-0.05, 0) is 85.6 Å². The van der Waals surface area contributed by atoms with E-state index in [1.54, 1.807) is 0 Å². The Labute approximate surface area is 312 Å². The number of carboxylic acid groups (broad SMARTS) is 1. The van der Waals surface area contributed by atoms with Crippen molar-refractivity contribution < 1.29 is 38.3 Å². The van der Waals surface area contributed by atoms with Gasteiger partial charge in [-0.1, -0.05) is 88.3 Å². The van der Waals surface area contributed by atoms with E-state index in [1.807, 2.05) is 6.07 Å². The SMILES string of the molecule is C[C@]12C[C@H](OCCOCCCCCCCCCCCOCCCC(=O)O)[C@@H]3c4ccc(OCc5ccccc5)cc4CC[C@H]3[C@@H]1CCC21OCCO1. The minimum absolute atomic E-state index is 0.0502. The highest BCUT2D eigenvalue weighted by atomic mass is 16.7.